The molecule has 2 aromatic carbocycles. The van der Waals surface area contributed by atoms with E-state index in [2.05, 4.69) is 49.5 Å². The van der Waals surface area contributed by atoms with Crippen molar-refractivity contribution in [1.82, 2.24) is 5.32 Å². The molecule has 0 fully saturated rings. The van der Waals surface area contributed by atoms with E-state index in [1.54, 1.807) is 6.26 Å². The fourth-order valence-corrected chi connectivity index (χ4v) is 4.06. The standard InChI is InChI=1S/C21H27NOS/c1-15(17-10-12-21(13-11-17)24(3)23)22-16(2)19-9-8-18-6-4-5-7-20(18)14-19/h8-16,22H,4-7H2,1-3H3/t15-,16+,24-/m0/s1. The molecule has 1 aliphatic rings. The number of nitrogens with one attached hydrogen (secondary N) is 1. The average molecular weight is 342 g/mol. The Labute approximate surface area is 148 Å². The Bertz CT molecular complexity index is 723. The van der Waals surface area contributed by atoms with Gasteiger partial charge in [-0.05, 0) is 73.9 Å². The third-order valence-electron chi connectivity index (χ3n) is 5.08. The highest BCUT2D eigenvalue weighted by atomic mass is 32.2. The van der Waals surface area contributed by atoms with Crippen molar-refractivity contribution >= 4 is 10.8 Å². The molecule has 0 saturated carbocycles. The van der Waals surface area contributed by atoms with Crippen LogP contribution in [0.25, 0.3) is 0 Å². The largest absolute Gasteiger partial charge is 0.304 e. The van der Waals surface area contributed by atoms with E-state index in [4.69, 9.17) is 0 Å². The number of benzene rings is 2. The third kappa shape index (κ3) is 3.96. The lowest BCUT2D eigenvalue weighted by atomic mass is 9.89. The maximum Gasteiger partial charge on any atom is 0.0498 e. The van der Waals surface area contributed by atoms with Crippen LogP contribution in [0.5, 0.6) is 0 Å². The van der Waals surface area contributed by atoms with Crippen LogP contribution in [0.3, 0.4) is 0 Å². The molecule has 3 rings (SSSR count). The van der Waals surface area contributed by atoms with Gasteiger partial charge in [-0.15, -0.1) is 0 Å². The molecule has 0 saturated heterocycles. The van der Waals surface area contributed by atoms with E-state index in [-0.39, 0.29) is 6.04 Å². The lowest BCUT2D eigenvalue weighted by Gasteiger charge is -2.23. The highest BCUT2D eigenvalue weighted by Gasteiger charge is 2.15. The van der Waals surface area contributed by atoms with Gasteiger partial charge in [-0.3, -0.25) is 4.21 Å². The minimum Gasteiger partial charge on any atom is -0.304 e. The van der Waals surface area contributed by atoms with Crippen LogP contribution >= 0.6 is 0 Å². The van der Waals surface area contributed by atoms with Crippen LogP contribution < -0.4 is 5.32 Å². The second kappa shape index (κ2) is 7.62. The van der Waals surface area contributed by atoms with Gasteiger partial charge in [0.05, 0.1) is 0 Å². The summed E-state index contributed by atoms with van der Waals surface area (Å²) >= 11 is 0. The highest BCUT2D eigenvalue weighted by molar-refractivity contribution is 7.84. The first kappa shape index (κ1) is 17.4. The van der Waals surface area contributed by atoms with Crippen LogP contribution in [0.15, 0.2) is 47.4 Å². The van der Waals surface area contributed by atoms with Crippen molar-refractivity contribution in [1.29, 1.82) is 0 Å². The monoisotopic (exact) mass is 341 g/mol. The van der Waals surface area contributed by atoms with Crippen molar-refractivity contribution in [3.8, 4) is 0 Å². The molecule has 0 spiro atoms. The van der Waals surface area contributed by atoms with E-state index in [0.29, 0.717) is 6.04 Å². The SMILES string of the molecule is C[C@H](N[C@H](C)c1ccc2c(c1)CCCC2)c1ccc([S@](C)=O)cc1. The molecule has 0 unspecified atom stereocenters. The number of aryl methyl sites for hydroxylation is 2. The topological polar surface area (TPSA) is 29.1 Å². The molecule has 0 radical (unpaired) electrons. The summed E-state index contributed by atoms with van der Waals surface area (Å²) in [5, 5.41) is 3.69. The smallest absolute Gasteiger partial charge is 0.0498 e. The van der Waals surface area contributed by atoms with Crippen molar-refractivity contribution in [2.75, 3.05) is 6.26 Å². The fraction of sp³-hybridized carbons (Fsp3) is 0.429. The minimum atomic E-state index is -0.913. The van der Waals surface area contributed by atoms with Crippen LogP contribution in [-0.4, -0.2) is 10.5 Å². The van der Waals surface area contributed by atoms with E-state index in [1.807, 2.05) is 12.1 Å². The first-order valence-electron chi connectivity index (χ1n) is 8.85. The number of fused-ring (bicyclic) bond motifs is 1. The van der Waals surface area contributed by atoms with E-state index in [0.717, 1.165) is 4.90 Å². The van der Waals surface area contributed by atoms with Gasteiger partial charge < -0.3 is 5.32 Å². The van der Waals surface area contributed by atoms with Crippen LogP contribution in [-0.2, 0) is 23.6 Å². The van der Waals surface area contributed by atoms with Gasteiger partial charge in [0.2, 0.25) is 0 Å². The lowest BCUT2D eigenvalue weighted by Crippen LogP contribution is -2.22. The van der Waals surface area contributed by atoms with Gasteiger partial charge >= 0.3 is 0 Å². The summed E-state index contributed by atoms with van der Waals surface area (Å²) in [4.78, 5) is 0.883. The summed E-state index contributed by atoms with van der Waals surface area (Å²) in [5.41, 5.74) is 5.67. The molecule has 0 amide bonds. The van der Waals surface area contributed by atoms with Crippen molar-refractivity contribution in [3.63, 3.8) is 0 Å². The summed E-state index contributed by atoms with van der Waals surface area (Å²) in [6, 6.07) is 15.6. The van der Waals surface area contributed by atoms with E-state index >= 15 is 0 Å². The van der Waals surface area contributed by atoms with Crippen LogP contribution in [0.2, 0.25) is 0 Å². The molecule has 1 aliphatic carbocycles. The molecule has 1 N–H and O–H groups in total. The number of hydrogen-bond acceptors (Lipinski definition) is 2. The summed E-state index contributed by atoms with van der Waals surface area (Å²) < 4.78 is 11.5. The van der Waals surface area contributed by atoms with Gasteiger partial charge in [-0.1, -0.05) is 30.3 Å². The Morgan fingerprint density at radius 1 is 0.875 bits per heavy atom. The van der Waals surface area contributed by atoms with E-state index in [9.17, 15) is 4.21 Å². The Morgan fingerprint density at radius 3 is 2.12 bits per heavy atom. The molecule has 3 heteroatoms. The highest BCUT2D eigenvalue weighted by Crippen LogP contribution is 2.26. The first-order valence-corrected chi connectivity index (χ1v) is 10.4. The average Bonchev–Trinajstić information content (AvgIpc) is 2.61. The third-order valence-corrected chi connectivity index (χ3v) is 6.02. The Kier molecular flexibility index (Phi) is 5.52. The van der Waals surface area contributed by atoms with E-state index < -0.39 is 10.8 Å². The summed E-state index contributed by atoms with van der Waals surface area (Å²) in [6.07, 6.45) is 6.82. The van der Waals surface area contributed by atoms with Crippen molar-refractivity contribution in [3.05, 3.63) is 64.7 Å². The molecule has 24 heavy (non-hydrogen) atoms. The lowest BCUT2D eigenvalue weighted by molar-refractivity contribution is 0.493. The maximum absolute atomic E-state index is 11.5. The second-order valence-electron chi connectivity index (χ2n) is 6.87. The van der Waals surface area contributed by atoms with Gasteiger partial charge in [0.1, 0.15) is 0 Å². The summed E-state index contributed by atoms with van der Waals surface area (Å²) in [7, 11) is -0.913. The molecule has 0 aliphatic heterocycles. The van der Waals surface area contributed by atoms with Crippen molar-refractivity contribution < 1.29 is 4.21 Å². The zero-order valence-corrected chi connectivity index (χ0v) is 15.7. The normalized spacial score (nSPS) is 17.8. The fourth-order valence-electron chi connectivity index (χ4n) is 3.54. The number of rotatable bonds is 5. The van der Waals surface area contributed by atoms with Gasteiger partial charge in [0.15, 0.2) is 0 Å². The van der Waals surface area contributed by atoms with Crippen molar-refractivity contribution in [2.24, 2.45) is 0 Å². The minimum absolute atomic E-state index is 0.260. The van der Waals surface area contributed by atoms with Crippen molar-refractivity contribution in [2.45, 2.75) is 56.5 Å². The molecule has 2 aromatic rings. The van der Waals surface area contributed by atoms with Gasteiger partial charge in [-0.2, -0.15) is 0 Å². The van der Waals surface area contributed by atoms with Gasteiger partial charge in [0, 0.05) is 34.0 Å². The van der Waals surface area contributed by atoms with Crippen LogP contribution in [0, 0.1) is 0 Å². The maximum atomic E-state index is 11.5. The first-order chi connectivity index (χ1) is 11.5. The molecule has 3 atom stereocenters. The summed E-state index contributed by atoms with van der Waals surface area (Å²) in [5.74, 6) is 0. The molecular weight excluding hydrogens is 314 g/mol. The Hall–Kier alpha value is -1.45. The number of hydrogen-bond donors (Lipinski definition) is 1. The van der Waals surface area contributed by atoms with Crippen LogP contribution in [0.1, 0.15) is 61.0 Å². The Balaban J connectivity index is 1.69. The molecule has 128 valence electrons. The molecule has 0 heterocycles. The molecule has 2 nitrogen and oxygen atoms in total. The second-order valence-corrected chi connectivity index (χ2v) is 8.25. The van der Waals surface area contributed by atoms with Gasteiger partial charge in [-0.25, -0.2) is 0 Å². The summed E-state index contributed by atoms with van der Waals surface area (Å²) in [6.45, 7) is 4.42. The quantitative estimate of drug-likeness (QED) is 0.853. The van der Waals surface area contributed by atoms with Crippen LogP contribution in [0.4, 0.5) is 0 Å². The molecular formula is C21H27NOS. The molecule has 0 aromatic heterocycles. The zero-order valence-electron chi connectivity index (χ0n) is 14.8. The predicted octanol–water partition coefficient (Wildman–Crippen LogP) is 4.71. The van der Waals surface area contributed by atoms with Gasteiger partial charge in [0.25, 0.3) is 0 Å². The molecule has 0 bridgehead atoms. The Morgan fingerprint density at radius 2 is 1.46 bits per heavy atom. The predicted molar refractivity (Wildman–Crippen MR) is 102 cm³/mol. The zero-order chi connectivity index (χ0) is 17.1. The van der Waals surface area contributed by atoms with E-state index in [1.165, 1.54) is 47.9 Å².